The van der Waals surface area contributed by atoms with Crippen molar-refractivity contribution < 1.29 is 19.0 Å². The number of rotatable bonds is 9. The molecule has 32 heavy (non-hydrogen) atoms. The minimum Gasteiger partial charge on any atom is -0.476 e. The first kappa shape index (κ1) is 22.9. The molecule has 9 heteroatoms. The van der Waals surface area contributed by atoms with Crippen LogP contribution in [0.2, 0.25) is 5.02 Å². The van der Waals surface area contributed by atoms with Gasteiger partial charge in [0.2, 0.25) is 11.8 Å². The normalized spacial score (nSPS) is 17.3. The number of halogens is 1. The van der Waals surface area contributed by atoms with Gasteiger partial charge in [-0.05, 0) is 17.7 Å². The van der Waals surface area contributed by atoms with Crippen LogP contribution in [0, 0.1) is 0 Å². The lowest BCUT2D eigenvalue weighted by Gasteiger charge is -2.28. The average Bonchev–Trinajstić information content (AvgIpc) is 2.82. The molecule has 172 valence electrons. The number of hydrogen-bond acceptors (Lipinski definition) is 8. The highest BCUT2D eigenvalue weighted by molar-refractivity contribution is 6.30. The molecule has 0 N–H and O–H groups in total. The number of anilines is 1. The fourth-order valence-electron chi connectivity index (χ4n) is 3.73. The van der Waals surface area contributed by atoms with E-state index in [0.717, 1.165) is 51.5 Å². The summed E-state index contributed by atoms with van der Waals surface area (Å²) >= 11 is 5.94. The average molecular weight is 461 g/mol. The summed E-state index contributed by atoms with van der Waals surface area (Å²) in [5.74, 6) is 1.17. The first-order valence-electron chi connectivity index (χ1n) is 11.1. The Kier molecular flexibility index (Phi) is 8.28. The Balaban J connectivity index is 1.42. The van der Waals surface area contributed by atoms with E-state index in [1.165, 1.54) is 0 Å². The van der Waals surface area contributed by atoms with Gasteiger partial charge in [0.05, 0.1) is 32.1 Å². The van der Waals surface area contributed by atoms with E-state index in [-0.39, 0.29) is 12.2 Å². The zero-order valence-corrected chi connectivity index (χ0v) is 18.9. The van der Waals surface area contributed by atoms with Crippen molar-refractivity contribution >= 4 is 23.3 Å². The molecule has 0 atom stereocenters. The van der Waals surface area contributed by atoms with Gasteiger partial charge < -0.3 is 19.1 Å². The van der Waals surface area contributed by atoms with Crippen molar-refractivity contribution in [1.82, 2.24) is 14.9 Å². The second kappa shape index (κ2) is 11.6. The number of nitrogens with zero attached hydrogens (tertiary/aromatic N) is 4. The molecule has 0 amide bonds. The van der Waals surface area contributed by atoms with Crippen LogP contribution in [0.3, 0.4) is 0 Å². The lowest BCUT2D eigenvalue weighted by atomic mass is 10.1. The highest BCUT2D eigenvalue weighted by Crippen LogP contribution is 2.19. The minimum absolute atomic E-state index is 0.0817. The summed E-state index contributed by atoms with van der Waals surface area (Å²) in [6, 6.07) is 9.12. The summed E-state index contributed by atoms with van der Waals surface area (Å²) in [5, 5.41) is 0.658. The van der Waals surface area contributed by atoms with Crippen molar-refractivity contribution in [3.05, 3.63) is 46.6 Å². The van der Waals surface area contributed by atoms with Crippen LogP contribution in [0.25, 0.3) is 0 Å². The molecule has 4 rings (SSSR count). The maximum atomic E-state index is 12.7. The zero-order valence-electron chi connectivity index (χ0n) is 18.2. The Morgan fingerprint density at radius 3 is 2.38 bits per heavy atom. The lowest BCUT2D eigenvalue weighted by molar-refractivity contribution is -0.117. The largest absolute Gasteiger partial charge is 0.476 e. The molecule has 2 aliphatic heterocycles. The van der Waals surface area contributed by atoms with E-state index in [9.17, 15) is 4.79 Å². The Hall–Kier alpha value is -2.26. The lowest BCUT2D eigenvalue weighted by Crippen LogP contribution is -2.39. The van der Waals surface area contributed by atoms with Crippen LogP contribution in [-0.2, 0) is 27.1 Å². The van der Waals surface area contributed by atoms with Crippen molar-refractivity contribution in [1.29, 1.82) is 0 Å². The summed E-state index contributed by atoms with van der Waals surface area (Å²) in [6.45, 7) is 7.39. The van der Waals surface area contributed by atoms with Gasteiger partial charge in [-0.15, -0.1) is 0 Å². The zero-order chi connectivity index (χ0) is 22.2. The molecule has 2 aliphatic rings. The molecule has 1 aromatic heterocycles. The number of carbonyl (C=O) groups excluding carboxylic acids is 1. The van der Waals surface area contributed by atoms with Crippen molar-refractivity contribution in [2.45, 2.75) is 12.8 Å². The maximum Gasteiger partial charge on any atom is 0.229 e. The van der Waals surface area contributed by atoms with Crippen molar-refractivity contribution in [2.75, 3.05) is 70.7 Å². The van der Waals surface area contributed by atoms with Gasteiger partial charge in [0, 0.05) is 56.7 Å². The molecular weight excluding hydrogens is 432 g/mol. The van der Waals surface area contributed by atoms with Gasteiger partial charge in [0.15, 0.2) is 0 Å². The van der Waals surface area contributed by atoms with Crippen LogP contribution in [0.5, 0.6) is 5.88 Å². The topological polar surface area (TPSA) is 77.0 Å². The van der Waals surface area contributed by atoms with Crippen LogP contribution in [0.15, 0.2) is 30.3 Å². The summed E-state index contributed by atoms with van der Waals surface area (Å²) in [7, 11) is 0. The smallest absolute Gasteiger partial charge is 0.229 e. The van der Waals surface area contributed by atoms with Gasteiger partial charge in [-0.1, -0.05) is 23.7 Å². The summed E-state index contributed by atoms with van der Waals surface area (Å²) in [6.07, 6.45) is 0.559. The monoisotopic (exact) mass is 460 g/mol. The second-order valence-corrected chi connectivity index (χ2v) is 8.35. The molecule has 2 aromatic rings. The number of ether oxygens (including phenoxy) is 3. The Labute approximate surface area is 193 Å². The van der Waals surface area contributed by atoms with Gasteiger partial charge >= 0.3 is 0 Å². The van der Waals surface area contributed by atoms with Crippen LogP contribution >= 0.6 is 11.6 Å². The van der Waals surface area contributed by atoms with Crippen molar-refractivity contribution in [3.63, 3.8) is 0 Å². The predicted molar refractivity (Wildman–Crippen MR) is 122 cm³/mol. The van der Waals surface area contributed by atoms with E-state index in [0.29, 0.717) is 48.8 Å². The molecule has 0 saturated carbocycles. The fourth-order valence-corrected chi connectivity index (χ4v) is 3.85. The Morgan fingerprint density at radius 2 is 1.66 bits per heavy atom. The molecule has 0 unspecified atom stereocenters. The number of hydrogen-bond donors (Lipinski definition) is 0. The molecule has 0 radical (unpaired) electrons. The summed E-state index contributed by atoms with van der Waals surface area (Å²) < 4.78 is 16.8. The number of Topliss-reactive ketones (excluding diaryl/α,β-unsaturated/α-hetero) is 1. The van der Waals surface area contributed by atoms with Crippen molar-refractivity contribution in [3.8, 4) is 5.88 Å². The highest BCUT2D eigenvalue weighted by atomic mass is 35.5. The number of carbonyl (C=O) groups is 1. The molecular formula is C23H29ClN4O4. The standard InChI is InChI=1S/C23H29ClN4O4/c24-19-3-1-18(2-4-19)15-21(29)16-20-17-22(32-14-7-27-5-10-30-11-6-27)26-23(25-20)28-8-12-31-13-9-28/h1-4,17H,5-16H2. The molecule has 0 spiro atoms. The third-order valence-corrected chi connectivity index (χ3v) is 5.74. The number of ketones is 1. The molecule has 2 saturated heterocycles. The second-order valence-electron chi connectivity index (χ2n) is 7.92. The predicted octanol–water partition coefficient (Wildman–Crippen LogP) is 2.03. The maximum absolute atomic E-state index is 12.7. The van der Waals surface area contributed by atoms with Gasteiger partial charge in [-0.25, -0.2) is 4.98 Å². The van der Waals surface area contributed by atoms with E-state index in [2.05, 4.69) is 19.8 Å². The molecule has 8 nitrogen and oxygen atoms in total. The van der Waals surface area contributed by atoms with Gasteiger partial charge in [0.1, 0.15) is 12.4 Å². The van der Waals surface area contributed by atoms with E-state index < -0.39 is 0 Å². The van der Waals surface area contributed by atoms with Gasteiger partial charge in [-0.2, -0.15) is 4.98 Å². The highest BCUT2D eigenvalue weighted by Gasteiger charge is 2.18. The number of aromatic nitrogens is 2. The number of benzene rings is 1. The Morgan fingerprint density at radius 1 is 0.969 bits per heavy atom. The third-order valence-electron chi connectivity index (χ3n) is 5.49. The molecule has 0 aliphatic carbocycles. The number of morpholine rings is 2. The van der Waals surface area contributed by atoms with Gasteiger partial charge in [0.25, 0.3) is 0 Å². The third kappa shape index (κ3) is 6.87. The SMILES string of the molecule is O=C(Cc1ccc(Cl)cc1)Cc1cc(OCCN2CCOCC2)nc(N2CCOCC2)n1. The van der Waals surface area contributed by atoms with Crippen LogP contribution in [-0.4, -0.2) is 86.4 Å². The van der Waals surface area contributed by atoms with Gasteiger partial charge in [-0.3, -0.25) is 9.69 Å². The van der Waals surface area contributed by atoms with E-state index in [4.69, 9.17) is 25.8 Å². The molecule has 1 aromatic carbocycles. The summed E-state index contributed by atoms with van der Waals surface area (Å²) in [4.78, 5) is 26.4. The Bertz CT molecular complexity index is 884. The van der Waals surface area contributed by atoms with E-state index in [1.54, 1.807) is 18.2 Å². The first-order valence-corrected chi connectivity index (χ1v) is 11.4. The van der Waals surface area contributed by atoms with Crippen molar-refractivity contribution in [2.24, 2.45) is 0 Å². The fraction of sp³-hybridized carbons (Fsp3) is 0.522. The quantitative estimate of drug-likeness (QED) is 0.562. The minimum atomic E-state index is 0.0817. The van der Waals surface area contributed by atoms with Crippen LogP contribution < -0.4 is 9.64 Å². The van der Waals surface area contributed by atoms with Crippen LogP contribution in [0.1, 0.15) is 11.3 Å². The van der Waals surface area contributed by atoms with E-state index >= 15 is 0 Å². The summed E-state index contributed by atoms with van der Waals surface area (Å²) in [5.41, 5.74) is 1.60. The molecule has 0 bridgehead atoms. The van der Waals surface area contributed by atoms with Crippen LogP contribution in [0.4, 0.5) is 5.95 Å². The van der Waals surface area contributed by atoms with E-state index in [1.807, 2.05) is 12.1 Å². The molecule has 2 fully saturated rings. The first-order chi connectivity index (χ1) is 15.7. The molecule has 3 heterocycles.